The van der Waals surface area contributed by atoms with Gasteiger partial charge >= 0.3 is 61.5 Å². The van der Waals surface area contributed by atoms with Crippen LogP contribution in [0.2, 0.25) is 0 Å². The highest BCUT2D eigenvalue weighted by atomic mass is 32.1. The van der Waals surface area contributed by atoms with E-state index in [4.69, 9.17) is 17.3 Å². The number of rotatable bonds is 35. The standard InChI is InChI=1S/C35H50N7O22PS/c43-25(37-24(34(60)61)18-64-65(62,63)39-23(33(58)59)6-8-26(44)45)7-5-22(32(56)57)38-35(66)36-20-3-1-19(2-4-20)11-21(42(16-30(52)53)17-31(54)55)12-40(13-27(46)47)9-10-41(14-28(48)49)15-29(50)51/h1-4,21-24H,5-18H2,(H,37,43)(H,44,45)(H,46,47)(H,48,49)(H,50,51)(H,52,53)(H,54,55)(H,56,57)(H,58,59)(H,60,61)(H2,36,38,66)(H2,39,62,63)/t21?,22-,23-,24-/m0/s1. The van der Waals surface area contributed by atoms with Crippen LogP contribution >= 0.6 is 20.0 Å². The van der Waals surface area contributed by atoms with Crippen molar-refractivity contribution in [3.05, 3.63) is 29.8 Å². The van der Waals surface area contributed by atoms with Crippen LogP contribution in [0.1, 0.15) is 31.2 Å². The molecule has 31 heteroatoms. The van der Waals surface area contributed by atoms with Crippen molar-refractivity contribution in [2.75, 3.05) is 64.3 Å². The normalized spacial score (nSPS) is 13.9. The molecule has 0 radical (unpaired) electrons. The van der Waals surface area contributed by atoms with Crippen molar-refractivity contribution in [1.29, 1.82) is 0 Å². The summed E-state index contributed by atoms with van der Waals surface area (Å²) in [7, 11) is -5.07. The van der Waals surface area contributed by atoms with Crippen LogP contribution in [-0.2, 0) is 63.5 Å². The molecule has 1 aromatic rings. The first kappa shape index (κ1) is 57.6. The Hall–Kier alpha value is -6.40. The van der Waals surface area contributed by atoms with E-state index in [1.165, 1.54) is 29.2 Å². The maximum Gasteiger partial charge on any atom is 0.403 e. The summed E-state index contributed by atoms with van der Waals surface area (Å²) in [5.41, 5.74) is 0.709. The van der Waals surface area contributed by atoms with Crippen molar-refractivity contribution >= 4 is 90.4 Å². The lowest BCUT2D eigenvalue weighted by atomic mass is 10.0. The third-order valence-corrected chi connectivity index (χ3v) is 10.1. The van der Waals surface area contributed by atoms with Crippen molar-refractivity contribution in [3.63, 3.8) is 0 Å². The predicted octanol–water partition coefficient (Wildman–Crippen LogP) is -2.96. The van der Waals surface area contributed by atoms with Gasteiger partial charge in [0.25, 0.3) is 0 Å². The molecule has 14 N–H and O–H groups in total. The van der Waals surface area contributed by atoms with E-state index in [-0.39, 0.29) is 36.9 Å². The van der Waals surface area contributed by atoms with E-state index in [0.717, 1.165) is 9.80 Å². The molecule has 5 atom stereocenters. The molecule has 0 saturated carbocycles. The first-order valence-electron chi connectivity index (χ1n) is 19.0. The van der Waals surface area contributed by atoms with E-state index in [1.54, 1.807) is 5.09 Å². The monoisotopic (exact) mass is 983 g/mol. The third-order valence-electron chi connectivity index (χ3n) is 8.73. The minimum absolute atomic E-state index is 0.0817. The molecule has 1 amide bonds. The van der Waals surface area contributed by atoms with Crippen LogP contribution in [0.3, 0.4) is 0 Å². The number of hydrogen-bond donors (Lipinski definition) is 14. The number of benzene rings is 1. The van der Waals surface area contributed by atoms with Crippen LogP contribution in [0.25, 0.3) is 0 Å². The number of nitrogens with zero attached hydrogens (tertiary/aromatic N) is 3. The largest absolute Gasteiger partial charge is 0.481 e. The molecule has 0 aliphatic carbocycles. The van der Waals surface area contributed by atoms with Crippen molar-refractivity contribution in [2.24, 2.45) is 0 Å². The van der Waals surface area contributed by atoms with E-state index in [1.807, 2.05) is 5.32 Å². The number of aliphatic carboxylic acids is 9. The molecule has 2 unspecified atom stereocenters. The molecule has 0 heterocycles. The van der Waals surface area contributed by atoms with Crippen LogP contribution < -0.4 is 21.0 Å². The fourth-order valence-electron chi connectivity index (χ4n) is 5.79. The second kappa shape index (κ2) is 28.5. The molecule has 1 aromatic carbocycles. The van der Waals surface area contributed by atoms with Crippen LogP contribution in [0.5, 0.6) is 0 Å². The highest BCUT2D eigenvalue weighted by molar-refractivity contribution is 7.80. The van der Waals surface area contributed by atoms with Crippen molar-refractivity contribution < 1.29 is 108 Å². The number of carboxylic acids is 9. The van der Waals surface area contributed by atoms with Gasteiger partial charge in [-0.1, -0.05) is 12.1 Å². The zero-order chi connectivity index (χ0) is 50.3. The SMILES string of the molecule is O=C(O)CC[C@H](NP(=O)(O)OC[C@H](NC(=O)CC[C@H](NC(=S)Nc1ccc(CC(CN(CCN(CC(=O)O)CC(=O)O)CC(=O)O)N(CC(=O)O)CC(=O)O)cc1)C(=O)O)C(=O)O)C(=O)O. The molecule has 0 aliphatic rings. The van der Waals surface area contributed by atoms with Gasteiger partial charge in [-0.25, -0.2) is 19.2 Å². The number of amides is 1. The lowest BCUT2D eigenvalue weighted by Crippen LogP contribution is -2.51. The molecule has 0 fully saturated rings. The molecule has 0 aromatic heterocycles. The highest BCUT2D eigenvalue weighted by Crippen LogP contribution is 2.38. The minimum atomic E-state index is -5.07. The molecule has 0 saturated heterocycles. The average molecular weight is 984 g/mol. The lowest BCUT2D eigenvalue weighted by molar-refractivity contribution is -0.144. The Labute approximate surface area is 378 Å². The second-order valence-corrected chi connectivity index (χ2v) is 16.1. The summed E-state index contributed by atoms with van der Waals surface area (Å²) >= 11 is 5.21. The van der Waals surface area contributed by atoms with Gasteiger partial charge in [-0.2, -0.15) is 0 Å². The van der Waals surface area contributed by atoms with Gasteiger partial charge in [-0.05, 0) is 49.2 Å². The zero-order valence-corrected chi connectivity index (χ0v) is 36.3. The van der Waals surface area contributed by atoms with Crippen molar-refractivity contribution in [2.45, 2.75) is 56.3 Å². The molecular weight excluding hydrogens is 933 g/mol. The molecule has 0 aliphatic heterocycles. The molecular formula is C35H50N7O22PS. The fourth-order valence-corrected chi connectivity index (χ4v) is 7.11. The van der Waals surface area contributed by atoms with Crippen LogP contribution in [0.15, 0.2) is 24.3 Å². The van der Waals surface area contributed by atoms with E-state index in [9.17, 15) is 98.3 Å². The maximum absolute atomic E-state index is 12.6. The smallest absolute Gasteiger partial charge is 0.403 e. The molecule has 1 rings (SSSR count). The first-order valence-corrected chi connectivity index (χ1v) is 21.0. The Morgan fingerprint density at radius 2 is 1.08 bits per heavy atom. The van der Waals surface area contributed by atoms with Crippen LogP contribution in [0, 0.1) is 0 Å². The summed E-state index contributed by atoms with van der Waals surface area (Å²) in [6.07, 6.45) is -2.58. The van der Waals surface area contributed by atoms with Gasteiger partial charge in [0, 0.05) is 44.2 Å². The number of hydrogen-bond acceptors (Lipinski definition) is 16. The van der Waals surface area contributed by atoms with Gasteiger partial charge in [-0.15, -0.1) is 0 Å². The number of nitrogens with one attached hydrogen (secondary N) is 4. The number of anilines is 1. The highest BCUT2D eigenvalue weighted by Gasteiger charge is 2.33. The minimum Gasteiger partial charge on any atom is -0.481 e. The Bertz CT molecular complexity index is 1940. The van der Waals surface area contributed by atoms with Gasteiger partial charge in [0.05, 0.1) is 39.3 Å². The predicted molar refractivity (Wildman–Crippen MR) is 223 cm³/mol. The summed E-state index contributed by atoms with van der Waals surface area (Å²) < 4.78 is 16.9. The summed E-state index contributed by atoms with van der Waals surface area (Å²) in [6.45, 7) is -5.55. The summed E-state index contributed by atoms with van der Waals surface area (Å²) in [5.74, 6) is -14.3. The van der Waals surface area contributed by atoms with Gasteiger partial charge in [0.2, 0.25) is 5.91 Å². The number of carboxylic acid groups (broad SMARTS) is 9. The lowest BCUT2D eigenvalue weighted by Gasteiger charge is -2.34. The molecule has 66 heavy (non-hydrogen) atoms. The quantitative estimate of drug-likeness (QED) is 0.0239. The van der Waals surface area contributed by atoms with E-state index in [2.05, 4.69) is 15.2 Å². The third kappa shape index (κ3) is 25.2. The summed E-state index contributed by atoms with van der Waals surface area (Å²) in [6, 6.07) is -0.542. The van der Waals surface area contributed by atoms with Gasteiger partial charge < -0.3 is 66.8 Å². The topological polar surface area (TPSA) is 457 Å². The van der Waals surface area contributed by atoms with Crippen LogP contribution in [0.4, 0.5) is 5.69 Å². The van der Waals surface area contributed by atoms with Gasteiger partial charge in [0.1, 0.15) is 12.1 Å². The number of carbonyl (C=O) groups excluding carboxylic acids is 1. The molecule has 0 spiro atoms. The van der Waals surface area contributed by atoms with Gasteiger partial charge in [0.15, 0.2) is 11.2 Å². The maximum atomic E-state index is 12.6. The zero-order valence-electron chi connectivity index (χ0n) is 34.6. The van der Waals surface area contributed by atoms with E-state index >= 15 is 0 Å². The molecule has 0 bridgehead atoms. The van der Waals surface area contributed by atoms with Gasteiger partial charge in [-0.3, -0.25) is 57.6 Å². The molecule has 29 nitrogen and oxygen atoms in total. The first-order chi connectivity index (χ1) is 30.7. The Morgan fingerprint density at radius 1 is 0.606 bits per heavy atom. The van der Waals surface area contributed by atoms with E-state index in [0.29, 0.717) is 5.56 Å². The van der Waals surface area contributed by atoms with Crippen molar-refractivity contribution in [3.8, 4) is 0 Å². The van der Waals surface area contributed by atoms with Crippen molar-refractivity contribution in [1.82, 2.24) is 30.4 Å². The van der Waals surface area contributed by atoms with E-state index < -0.39 is 157 Å². The summed E-state index contributed by atoms with van der Waals surface area (Å²) in [4.78, 5) is 129. The Morgan fingerprint density at radius 3 is 1.55 bits per heavy atom. The second-order valence-electron chi connectivity index (χ2n) is 14.1. The number of carbonyl (C=O) groups is 10. The molecule has 368 valence electrons. The Kier molecular flexibility index (Phi) is 24.9. The fraction of sp³-hybridized carbons (Fsp3) is 0.514. The number of thiocarbonyl (C=S) groups is 1. The van der Waals surface area contributed by atoms with Crippen LogP contribution in [-0.4, -0.2) is 213 Å². The Balaban J connectivity index is 3.07. The average Bonchev–Trinajstić information content (AvgIpc) is 3.17. The summed E-state index contributed by atoms with van der Waals surface area (Å²) in [5, 5.41) is 92.7.